The van der Waals surface area contributed by atoms with Gasteiger partial charge in [-0.05, 0) is 43.2 Å². The maximum Gasteiger partial charge on any atom is 0.306 e. The van der Waals surface area contributed by atoms with Crippen molar-refractivity contribution in [3.63, 3.8) is 0 Å². The molecule has 0 radical (unpaired) electrons. The lowest BCUT2D eigenvalue weighted by Crippen LogP contribution is -2.34. The van der Waals surface area contributed by atoms with E-state index >= 15 is 0 Å². The second kappa shape index (κ2) is 5.66. The molecule has 2 saturated carbocycles. The molecule has 2 fully saturated rings. The highest BCUT2D eigenvalue weighted by molar-refractivity contribution is 5.83. The number of carbonyl (C=O) groups is 2. The molecule has 22 heavy (non-hydrogen) atoms. The first-order valence-corrected chi connectivity index (χ1v) is 7.44. The number of aliphatic carboxylic acids is 1. The Hall–Kier alpha value is -1.98. The molecule has 2 aliphatic carbocycles. The van der Waals surface area contributed by atoms with Gasteiger partial charge in [-0.1, -0.05) is 12.1 Å². The van der Waals surface area contributed by atoms with Crippen LogP contribution in [0.4, 0.5) is 8.78 Å². The van der Waals surface area contributed by atoms with E-state index in [2.05, 4.69) is 5.32 Å². The Morgan fingerprint density at radius 2 is 1.95 bits per heavy atom. The SMILES string of the molecule is O=C(N[C@H]1CC[C@@H](C(=O)O)C1)C1CC1c1cccc(F)c1F. The van der Waals surface area contributed by atoms with E-state index in [4.69, 9.17) is 5.11 Å². The van der Waals surface area contributed by atoms with Crippen LogP contribution >= 0.6 is 0 Å². The molecule has 0 heterocycles. The number of amides is 1. The topological polar surface area (TPSA) is 66.4 Å². The van der Waals surface area contributed by atoms with Crippen molar-refractivity contribution >= 4 is 11.9 Å². The largest absolute Gasteiger partial charge is 0.481 e. The van der Waals surface area contributed by atoms with E-state index in [0.717, 1.165) is 6.07 Å². The third-order valence-electron chi connectivity index (χ3n) is 4.64. The molecule has 2 aliphatic rings. The first-order chi connectivity index (χ1) is 10.5. The number of rotatable bonds is 4. The first-order valence-electron chi connectivity index (χ1n) is 7.44. The number of carboxylic acid groups (broad SMARTS) is 1. The van der Waals surface area contributed by atoms with Gasteiger partial charge in [0, 0.05) is 12.0 Å². The van der Waals surface area contributed by atoms with Crippen molar-refractivity contribution in [3.8, 4) is 0 Å². The highest BCUT2D eigenvalue weighted by Crippen LogP contribution is 2.48. The number of hydrogen-bond acceptors (Lipinski definition) is 2. The minimum absolute atomic E-state index is 0.132. The Bertz CT molecular complexity index is 619. The van der Waals surface area contributed by atoms with Crippen LogP contribution in [0.3, 0.4) is 0 Å². The number of carboxylic acids is 1. The molecule has 2 N–H and O–H groups in total. The molecule has 0 saturated heterocycles. The maximum atomic E-state index is 13.7. The van der Waals surface area contributed by atoms with Gasteiger partial charge in [0.15, 0.2) is 11.6 Å². The monoisotopic (exact) mass is 309 g/mol. The summed E-state index contributed by atoms with van der Waals surface area (Å²) < 4.78 is 26.9. The second-order valence-electron chi connectivity index (χ2n) is 6.15. The van der Waals surface area contributed by atoms with Gasteiger partial charge in [-0.2, -0.15) is 0 Å². The predicted molar refractivity (Wildman–Crippen MR) is 74.1 cm³/mol. The zero-order chi connectivity index (χ0) is 15.9. The lowest BCUT2D eigenvalue weighted by atomic mass is 10.1. The molecule has 118 valence electrons. The van der Waals surface area contributed by atoms with Crippen molar-refractivity contribution in [3.05, 3.63) is 35.4 Å². The molecule has 0 aromatic heterocycles. The van der Waals surface area contributed by atoms with Gasteiger partial charge in [-0.3, -0.25) is 9.59 Å². The summed E-state index contributed by atoms with van der Waals surface area (Å²) in [4.78, 5) is 23.0. The smallest absolute Gasteiger partial charge is 0.306 e. The van der Waals surface area contributed by atoms with E-state index in [1.54, 1.807) is 0 Å². The van der Waals surface area contributed by atoms with Crippen molar-refractivity contribution in [2.45, 2.75) is 37.6 Å². The second-order valence-corrected chi connectivity index (χ2v) is 6.15. The Morgan fingerprint density at radius 3 is 2.64 bits per heavy atom. The van der Waals surface area contributed by atoms with E-state index in [1.807, 2.05) is 0 Å². The maximum absolute atomic E-state index is 13.7. The van der Waals surface area contributed by atoms with Crippen molar-refractivity contribution in [2.24, 2.45) is 11.8 Å². The van der Waals surface area contributed by atoms with Gasteiger partial charge in [0.2, 0.25) is 5.91 Å². The molecule has 4 nitrogen and oxygen atoms in total. The summed E-state index contributed by atoms with van der Waals surface area (Å²) in [5.74, 6) is -3.83. The zero-order valence-electron chi connectivity index (χ0n) is 11.9. The van der Waals surface area contributed by atoms with E-state index < -0.39 is 23.5 Å². The fourth-order valence-corrected chi connectivity index (χ4v) is 3.28. The van der Waals surface area contributed by atoms with Gasteiger partial charge in [-0.15, -0.1) is 0 Å². The van der Waals surface area contributed by atoms with Gasteiger partial charge in [0.05, 0.1) is 5.92 Å². The van der Waals surface area contributed by atoms with Crippen LogP contribution < -0.4 is 5.32 Å². The van der Waals surface area contributed by atoms with Gasteiger partial charge >= 0.3 is 5.97 Å². The van der Waals surface area contributed by atoms with Gasteiger partial charge in [0.25, 0.3) is 0 Å². The summed E-state index contributed by atoms with van der Waals surface area (Å²) in [7, 11) is 0. The van der Waals surface area contributed by atoms with Crippen LogP contribution in [-0.2, 0) is 9.59 Å². The number of hydrogen-bond donors (Lipinski definition) is 2. The van der Waals surface area contributed by atoms with Crippen LogP contribution in [-0.4, -0.2) is 23.0 Å². The van der Waals surface area contributed by atoms with Gasteiger partial charge in [-0.25, -0.2) is 8.78 Å². The van der Waals surface area contributed by atoms with Crippen LogP contribution in [0.1, 0.15) is 37.2 Å². The van der Waals surface area contributed by atoms with Crippen LogP contribution in [0.15, 0.2) is 18.2 Å². The lowest BCUT2D eigenvalue weighted by Gasteiger charge is -2.12. The molecule has 0 bridgehead atoms. The van der Waals surface area contributed by atoms with Crippen molar-refractivity contribution in [1.29, 1.82) is 0 Å². The third-order valence-corrected chi connectivity index (χ3v) is 4.64. The van der Waals surface area contributed by atoms with E-state index in [1.165, 1.54) is 12.1 Å². The standard InChI is InChI=1S/C16H17F2NO3/c17-13-3-1-2-10(14(13)18)11-7-12(11)15(20)19-9-5-4-8(6-9)16(21)22/h1-3,8-9,11-12H,4-7H2,(H,19,20)(H,21,22)/t8-,9+,11?,12?/m1/s1. The van der Waals surface area contributed by atoms with E-state index in [0.29, 0.717) is 25.7 Å². The molecule has 1 amide bonds. The summed E-state index contributed by atoms with van der Waals surface area (Å²) in [6.45, 7) is 0. The summed E-state index contributed by atoms with van der Waals surface area (Å²) in [6, 6.07) is 3.87. The molecule has 1 aromatic rings. The van der Waals surface area contributed by atoms with Crippen LogP contribution in [0.25, 0.3) is 0 Å². The molecule has 6 heteroatoms. The molecule has 1 aromatic carbocycles. The molecule has 3 rings (SSSR count). The molecule has 0 spiro atoms. The fourth-order valence-electron chi connectivity index (χ4n) is 3.28. The minimum atomic E-state index is -0.899. The Balaban J connectivity index is 1.57. The molecule has 4 atom stereocenters. The minimum Gasteiger partial charge on any atom is -0.481 e. The fraction of sp³-hybridized carbons (Fsp3) is 0.500. The van der Waals surface area contributed by atoms with Gasteiger partial charge in [0.1, 0.15) is 0 Å². The van der Waals surface area contributed by atoms with E-state index in [9.17, 15) is 18.4 Å². The molecular weight excluding hydrogens is 292 g/mol. The summed E-state index contributed by atoms with van der Waals surface area (Å²) in [5.41, 5.74) is 0.245. The average molecular weight is 309 g/mol. The summed E-state index contributed by atoms with van der Waals surface area (Å²) in [6.07, 6.45) is 2.15. The van der Waals surface area contributed by atoms with Crippen molar-refractivity contribution < 1.29 is 23.5 Å². The van der Waals surface area contributed by atoms with Crippen molar-refractivity contribution in [2.75, 3.05) is 0 Å². The van der Waals surface area contributed by atoms with Gasteiger partial charge < -0.3 is 10.4 Å². The van der Waals surface area contributed by atoms with Crippen LogP contribution in [0.2, 0.25) is 0 Å². The lowest BCUT2D eigenvalue weighted by molar-refractivity contribution is -0.141. The first kappa shape index (κ1) is 14.9. The quantitative estimate of drug-likeness (QED) is 0.898. The number of carbonyl (C=O) groups excluding carboxylic acids is 1. The zero-order valence-corrected chi connectivity index (χ0v) is 11.9. The third kappa shape index (κ3) is 2.82. The highest BCUT2D eigenvalue weighted by Gasteiger charge is 2.46. The molecular formula is C16H17F2NO3. The normalized spacial score (nSPS) is 30.1. The predicted octanol–water partition coefficient (Wildman–Crippen LogP) is 2.44. The Kier molecular flexibility index (Phi) is 3.85. The van der Waals surface area contributed by atoms with Crippen LogP contribution in [0.5, 0.6) is 0 Å². The highest BCUT2D eigenvalue weighted by atomic mass is 19.2. The Morgan fingerprint density at radius 1 is 1.18 bits per heavy atom. The molecule has 0 aliphatic heterocycles. The van der Waals surface area contributed by atoms with Crippen molar-refractivity contribution in [1.82, 2.24) is 5.32 Å². The summed E-state index contributed by atoms with van der Waals surface area (Å²) >= 11 is 0. The van der Waals surface area contributed by atoms with Crippen LogP contribution in [0, 0.1) is 23.5 Å². The Labute approximate surface area is 126 Å². The van der Waals surface area contributed by atoms with E-state index in [-0.39, 0.29) is 29.3 Å². The number of halogens is 2. The molecule has 2 unspecified atom stereocenters. The number of nitrogens with one attached hydrogen (secondary N) is 1. The summed E-state index contributed by atoms with van der Waals surface area (Å²) in [5, 5.41) is 11.8. The number of benzene rings is 1. The average Bonchev–Trinajstić information content (AvgIpc) is 3.13.